The molecule has 1 atom stereocenters. The first kappa shape index (κ1) is 28.5. The number of rotatable bonds is 18. The lowest BCUT2D eigenvalue weighted by Gasteiger charge is -2.35. The van der Waals surface area contributed by atoms with Gasteiger partial charge in [0.05, 0.1) is 21.1 Å². The van der Waals surface area contributed by atoms with Gasteiger partial charge in [-0.3, -0.25) is 4.57 Å². The van der Waals surface area contributed by atoms with Gasteiger partial charge in [-0.1, -0.05) is 56.9 Å². The predicted octanol–water partition coefficient (Wildman–Crippen LogP) is 5.76. The molecule has 0 spiro atoms. The maximum atomic E-state index is 11.7. The lowest BCUT2D eigenvalue weighted by Crippen LogP contribution is -2.49. The van der Waals surface area contributed by atoms with Gasteiger partial charge >= 0.3 is 7.60 Å². The fourth-order valence-electron chi connectivity index (χ4n) is 3.42. The van der Waals surface area contributed by atoms with Crippen molar-refractivity contribution in [2.75, 3.05) is 27.7 Å². The van der Waals surface area contributed by atoms with Crippen LogP contribution in [0.1, 0.15) is 90.4 Å². The fraction of sp³-hybridized carbons (Fsp3) is 0.826. The van der Waals surface area contributed by atoms with E-state index in [9.17, 15) is 19.5 Å². The first-order valence-corrected chi connectivity index (χ1v) is 13.0. The molecule has 0 aliphatic rings. The third kappa shape index (κ3) is 16.0. The molecule has 29 heavy (non-hydrogen) atoms. The van der Waals surface area contributed by atoms with E-state index in [-0.39, 0.29) is 13.0 Å². The maximum absolute atomic E-state index is 11.7. The normalized spacial score (nSPS) is 15.4. The Bertz CT molecular complexity index is 507. The molecule has 0 saturated heterocycles. The SMILES string of the molecule is CCCC/C=C\CCCC/C=C\CCCCCCC(O)(C[N+](C)(C)C)P(=O)(O)O. The molecule has 0 aromatic carbocycles. The Morgan fingerprint density at radius 1 is 0.759 bits per heavy atom. The van der Waals surface area contributed by atoms with Gasteiger partial charge in [0.2, 0.25) is 5.34 Å². The van der Waals surface area contributed by atoms with Gasteiger partial charge in [-0.05, 0) is 57.8 Å². The van der Waals surface area contributed by atoms with E-state index in [1.807, 2.05) is 21.1 Å². The Kier molecular flexibility index (Phi) is 15.1. The Morgan fingerprint density at radius 2 is 1.17 bits per heavy atom. The lowest BCUT2D eigenvalue weighted by atomic mass is 10.1. The second-order valence-electron chi connectivity index (χ2n) is 9.30. The molecule has 0 aliphatic heterocycles. The Balaban J connectivity index is 3.79. The first-order valence-electron chi connectivity index (χ1n) is 11.4. The van der Waals surface area contributed by atoms with E-state index in [0.29, 0.717) is 10.9 Å². The van der Waals surface area contributed by atoms with E-state index in [4.69, 9.17) is 0 Å². The van der Waals surface area contributed by atoms with Crippen LogP contribution in [0.25, 0.3) is 0 Å². The summed E-state index contributed by atoms with van der Waals surface area (Å²) < 4.78 is 12.1. The van der Waals surface area contributed by atoms with Crippen molar-refractivity contribution in [2.24, 2.45) is 0 Å². The van der Waals surface area contributed by atoms with Gasteiger partial charge in [0.25, 0.3) is 0 Å². The van der Waals surface area contributed by atoms with Gasteiger partial charge in [0.15, 0.2) is 0 Å². The second-order valence-corrected chi connectivity index (χ2v) is 11.2. The molecule has 0 aromatic heterocycles. The van der Waals surface area contributed by atoms with E-state index in [1.54, 1.807) is 0 Å². The summed E-state index contributed by atoms with van der Waals surface area (Å²) in [5.74, 6) is 0. The van der Waals surface area contributed by atoms with Gasteiger partial charge in [-0.25, -0.2) is 0 Å². The first-order chi connectivity index (χ1) is 13.5. The number of allylic oxidation sites excluding steroid dienone is 4. The molecule has 0 heterocycles. The third-order valence-electron chi connectivity index (χ3n) is 5.02. The smallest absolute Gasteiger partial charge is 0.362 e. The fourth-order valence-corrected chi connectivity index (χ4v) is 4.48. The number of quaternary nitrogens is 1. The summed E-state index contributed by atoms with van der Waals surface area (Å²) in [5, 5.41) is 8.58. The molecule has 0 bridgehead atoms. The van der Waals surface area contributed by atoms with Crippen LogP contribution in [0.3, 0.4) is 0 Å². The van der Waals surface area contributed by atoms with Crippen molar-refractivity contribution in [3.8, 4) is 0 Å². The number of aliphatic hydroxyl groups is 1. The Hall–Kier alpha value is -0.450. The van der Waals surface area contributed by atoms with Crippen molar-refractivity contribution in [3.05, 3.63) is 24.3 Å². The van der Waals surface area contributed by atoms with Crippen LogP contribution in [-0.4, -0.2) is 52.4 Å². The van der Waals surface area contributed by atoms with Crippen LogP contribution in [-0.2, 0) is 4.57 Å². The van der Waals surface area contributed by atoms with Crippen molar-refractivity contribution >= 4 is 7.60 Å². The number of likely N-dealkylation sites (N-methyl/N-ethyl adjacent to an activating group) is 1. The average molecular weight is 433 g/mol. The summed E-state index contributed by atoms with van der Waals surface area (Å²) in [4.78, 5) is 19.1. The zero-order chi connectivity index (χ0) is 22.2. The van der Waals surface area contributed by atoms with Crippen molar-refractivity contribution in [3.63, 3.8) is 0 Å². The van der Waals surface area contributed by atoms with Gasteiger partial charge in [-0.2, -0.15) is 0 Å². The van der Waals surface area contributed by atoms with Gasteiger partial charge in [0, 0.05) is 0 Å². The molecular weight excluding hydrogens is 385 g/mol. The molecular formula is C23H47NO4P+. The molecule has 0 rings (SSSR count). The highest BCUT2D eigenvalue weighted by Gasteiger charge is 2.48. The van der Waals surface area contributed by atoms with E-state index < -0.39 is 12.9 Å². The molecule has 0 radical (unpaired) electrons. The predicted molar refractivity (Wildman–Crippen MR) is 124 cm³/mol. The molecule has 0 fully saturated rings. The summed E-state index contributed by atoms with van der Waals surface area (Å²) in [6, 6.07) is 0. The number of hydrogen-bond acceptors (Lipinski definition) is 2. The maximum Gasteiger partial charge on any atom is 0.362 e. The summed E-state index contributed by atoms with van der Waals surface area (Å²) in [6.45, 7) is 2.27. The van der Waals surface area contributed by atoms with Crippen LogP contribution in [0.5, 0.6) is 0 Å². The minimum absolute atomic E-state index is 0.0501. The summed E-state index contributed by atoms with van der Waals surface area (Å²) >= 11 is 0. The number of unbranched alkanes of at least 4 members (excludes halogenated alkanes) is 9. The summed E-state index contributed by atoms with van der Waals surface area (Å²) in [5.41, 5.74) is 0. The van der Waals surface area contributed by atoms with Crippen molar-refractivity contribution in [2.45, 2.75) is 95.7 Å². The van der Waals surface area contributed by atoms with E-state index in [0.717, 1.165) is 32.1 Å². The van der Waals surface area contributed by atoms with Crippen molar-refractivity contribution < 1.29 is 23.9 Å². The van der Waals surface area contributed by atoms with Crippen molar-refractivity contribution in [1.82, 2.24) is 0 Å². The molecule has 1 unspecified atom stereocenters. The van der Waals surface area contributed by atoms with E-state index >= 15 is 0 Å². The summed E-state index contributed by atoms with van der Waals surface area (Å²) in [6.07, 6.45) is 22.6. The van der Waals surface area contributed by atoms with Crippen LogP contribution in [0.4, 0.5) is 0 Å². The Morgan fingerprint density at radius 3 is 1.59 bits per heavy atom. The van der Waals surface area contributed by atoms with Gasteiger partial charge in [0.1, 0.15) is 6.54 Å². The van der Waals surface area contributed by atoms with E-state index in [2.05, 4.69) is 31.2 Å². The minimum atomic E-state index is -4.55. The van der Waals surface area contributed by atoms with Gasteiger partial charge in [-0.15, -0.1) is 0 Å². The lowest BCUT2D eigenvalue weighted by molar-refractivity contribution is -0.875. The zero-order valence-corrected chi connectivity index (χ0v) is 20.2. The molecule has 5 nitrogen and oxygen atoms in total. The number of hydrogen-bond donors (Lipinski definition) is 3. The molecule has 6 heteroatoms. The molecule has 0 aliphatic carbocycles. The molecule has 0 aromatic rings. The topological polar surface area (TPSA) is 77.8 Å². The summed E-state index contributed by atoms with van der Waals surface area (Å²) in [7, 11) is 0.942. The Labute approximate surface area is 179 Å². The standard InChI is InChI=1S/C23H46NO4P/c1-5-6-7-8-9-10-11-12-13-14-15-16-17-18-19-20-21-23(25,29(26,27)28)22-24(2,3)4/h8-9,14-15,25H,5-7,10-13,16-22H2,1-4H3,(H-,26,27,28)/p+1/b9-8-,15-14-. The van der Waals surface area contributed by atoms with Gasteiger partial charge < -0.3 is 19.4 Å². The van der Waals surface area contributed by atoms with Crippen LogP contribution < -0.4 is 0 Å². The highest BCUT2D eigenvalue weighted by Crippen LogP contribution is 2.52. The van der Waals surface area contributed by atoms with Crippen LogP contribution in [0.15, 0.2) is 24.3 Å². The highest BCUT2D eigenvalue weighted by atomic mass is 31.2. The molecule has 172 valence electrons. The van der Waals surface area contributed by atoms with Crippen molar-refractivity contribution in [1.29, 1.82) is 0 Å². The largest absolute Gasteiger partial charge is 0.373 e. The second kappa shape index (κ2) is 15.4. The number of nitrogens with zero attached hydrogens (tertiary/aromatic N) is 1. The molecule has 3 N–H and O–H groups in total. The van der Waals surface area contributed by atoms with E-state index in [1.165, 1.54) is 38.5 Å². The average Bonchev–Trinajstić information content (AvgIpc) is 2.59. The van der Waals surface area contributed by atoms with Crippen LogP contribution in [0.2, 0.25) is 0 Å². The van der Waals surface area contributed by atoms with Crippen LogP contribution >= 0.6 is 7.60 Å². The molecule has 0 saturated carbocycles. The highest BCUT2D eigenvalue weighted by molar-refractivity contribution is 7.53. The minimum Gasteiger partial charge on any atom is -0.373 e. The quantitative estimate of drug-likeness (QED) is 0.111. The van der Waals surface area contributed by atoms with Crippen LogP contribution in [0, 0.1) is 0 Å². The zero-order valence-electron chi connectivity index (χ0n) is 19.4. The third-order valence-corrected chi connectivity index (χ3v) is 6.47. The molecule has 0 amide bonds. The monoisotopic (exact) mass is 432 g/mol.